The van der Waals surface area contributed by atoms with E-state index in [0.29, 0.717) is 11.7 Å². The minimum Gasteiger partial charge on any atom is -0.483 e. The summed E-state index contributed by atoms with van der Waals surface area (Å²) in [7, 11) is -1.47. The second-order valence-electron chi connectivity index (χ2n) is 4.90. The molecule has 0 radical (unpaired) electrons. The third-order valence-corrected chi connectivity index (χ3v) is 5.32. The number of hydrogen-bond donors (Lipinski definition) is 0. The number of carbonyl (C=O) groups excluding carboxylic acids is 1. The lowest BCUT2D eigenvalue weighted by Crippen LogP contribution is -2.24. The highest BCUT2D eigenvalue weighted by Gasteiger charge is 2.51. The molecule has 1 aromatic rings. The average Bonchev–Trinajstić information content (AvgIpc) is 2.73. The van der Waals surface area contributed by atoms with E-state index in [9.17, 15) is 17.8 Å². The van der Waals surface area contributed by atoms with Gasteiger partial charge in [0.15, 0.2) is 5.06 Å². The molecule has 0 fully saturated rings. The fraction of sp³-hybridized carbons (Fsp3) is 0.583. The number of thiophene rings is 1. The van der Waals surface area contributed by atoms with Gasteiger partial charge in [0.25, 0.3) is 0 Å². The van der Waals surface area contributed by atoms with Gasteiger partial charge in [-0.05, 0) is 5.92 Å². The van der Waals surface area contributed by atoms with E-state index in [2.05, 4.69) is 0 Å². The van der Waals surface area contributed by atoms with Gasteiger partial charge in [-0.15, -0.1) is 0 Å². The van der Waals surface area contributed by atoms with Crippen LogP contribution in [-0.2, 0) is 17.2 Å². The van der Waals surface area contributed by atoms with E-state index in [0.717, 1.165) is 11.3 Å². The van der Waals surface area contributed by atoms with Gasteiger partial charge < -0.3 is 4.74 Å². The van der Waals surface area contributed by atoms with Gasteiger partial charge in [-0.1, -0.05) is 25.2 Å². The summed E-state index contributed by atoms with van der Waals surface area (Å²) in [5.41, 5.74) is 0.125. The van der Waals surface area contributed by atoms with Crippen LogP contribution in [0.25, 0.3) is 0 Å². The number of halogens is 2. The summed E-state index contributed by atoms with van der Waals surface area (Å²) in [5, 5.41) is 0.305. The number of ketones is 1. The SMILES string of the molecule is CC(C)COc1sc(S(C)=O)c2c1CC(F)(F)C2=O. The van der Waals surface area contributed by atoms with Gasteiger partial charge in [0.1, 0.15) is 4.21 Å². The Morgan fingerprint density at radius 2 is 2.11 bits per heavy atom. The van der Waals surface area contributed by atoms with Gasteiger partial charge in [-0.2, -0.15) is 8.78 Å². The molecule has 3 nitrogen and oxygen atoms in total. The smallest absolute Gasteiger partial charge is 0.314 e. The third-order valence-electron chi connectivity index (χ3n) is 2.70. The Bertz CT molecular complexity index is 549. The van der Waals surface area contributed by atoms with Crippen LogP contribution < -0.4 is 4.74 Å². The maximum absolute atomic E-state index is 13.5. The highest BCUT2D eigenvalue weighted by Crippen LogP contribution is 2.47. The molecule has 0 N–H and O–H groups in total. The first-order valence-corrected chi connectivity index (χ1v) is 8.16. The quantitative estimate of drug-likeness (QED) is 0.859. The van der Waals surface area contributed by atoms with Crippen LogP contribution in [-0.4, -0.2) is 28.8 Å². The molecule has 0 amide bonds. The van der Waals surface area contributed by atoms with Crippen molar-refractivity contribution in [3.63, 3.8) is 0 Å². The molecule has 19 heavy (non-hydrogen) atoms. The number of fused-ring (bicyclic) bond motifs is 1. The number of ether oxygens (including phenoxy) is 1. The van der Waals surface area contributed by atoms with Crippen LogP contribution in [0.4, 0.5) is 8.78 Å². The molecule has 1 unspecified atom stereocenters. The van der Waals surface area contributed by atoms with E-state index in [1.807, 2.05) is 13.8 Å². The van der Waals surface area contributed by atoms with Crippen LogP contribution in [0.5, 0.6) is 5.06 Å². The van der Waals surface area contributed by atoms with Crippen molar-refractivity contribution in [2.24, 2.45) is 5.92 Å². The molecule has 7 heteroatoms. The van der Waals surface area contributed by atoms with Crippen molar-refractivity contribution in [3.8, 4) is 5.06 Å². The zero-order valence-corrected chi connectivity index (χ0v) is 12.4. The van der Waals surface area contributed by atoms with Crippen molar-refractivity contribution in [3.05, 3.63) is 11.1 Å². The Kier molecular flexibility index (Phi) is 3.79. The summed E-state index contributed by atoms with van der Waals surface area (Å²) < 4.78 is 44.2. The van der Waals surface area contributed by atoms with E-state index in [-0.39, 0.29) is 21.3 Å². The minimum absolute atomic E-state index is 0.0883. The van der Waals surface area contributed by atoms with Gasteiger partial charge in [0, 0.05) is 18.2 Å². The predicted octanol–water partition coefficient (Wildman–Crippen LogP) is 2.89. The Morgan fingerprint density at radius 1 is 1.47 bits per heavy atom. The first kappa shape index (κ1) is 14.6. The Hall–Kier alpha value is -0.820. The molecule has 2 rings (SSSR count). The third kappa shape index (κ3) is 2.58. The zero-order chi connectivity index (χ0) is 14.4. The fourth-order valence-electron chi connectivity index (χ4n) is 1.86. The van der Waals surface area contributed by atoms with Crippen LogP contribution in [0.1, 0.15) is 29.8 Å². The van der Waals surface area contributed by atoms with E-state index in [4.69, 9.17) is 4.74 Å². The Morgan fingerprint density at radius 3 is 2.63 bits per heavy atom. The predicted molar refractivity (Wildman–Crippen MR) is 70.0 cm³/mol. The lowest BCUT2D eigenvalue weighted by atomic mass is 10.2. The normalized spacial score (nSPS) is 18.7. The average molecular weight is 308 g/mol. The maximum atomic E-state index is 13.5. The molecule has 1 heterocycles. The number of alkyl halides is 2. The summed E-state index contributed by atoms with van der Waals surface area (Å²) in [6, 6.07) is 0. The van der Waals surface area contributed by atoms with Crippen molar-refractivity contribution < 1.29 is 22.5 Å². The number of carbonyl (C=O) groups is 1. The summed E-state index contributed by atoms with van der Waals surface area (Å²) >= 11 is 1.04. The lowest BCUT2D eigenvalue weighted by Gasteiger charge is -2.09. The standard InChI is InChI=1S/C12H14F2O3S2/c1-6(2)5-17-10-7-4-12(13,14)9(15)8(7)11(18-10)19(3)16/h6H,4-5H2,1-3H3. The van der Waals surface area contributed by atoms with Crippen molar-refractivity contribution >= 4 is 27.9 Å². The molecular formula is C12H14F2O3S2. The van der Waals surface area contributed by atoms with Crippen molar-refractivity contribution in [1.29, 1.82) is 0 Å². The topological polar surface area (TPSA) is 43.4 Å². The summed E-state index contributed by atoms with van der Waals surface area (Å²) in [5.74, 6) is -4.39. The van der Waals surface area contributed by atoms with Gasteiger partial charge in [-0.3, -0.25) is 9.00 Å². The van der Waals surface area contributed by atoms with E-state index in [1.54, 1.807) is 0 Å². The molecule has 0 saturated carbocycles. The van der Waals surface area contributed by atoms with E-state index < -0.39 is 28.9 Å². The highest BCUT2D eigenvalue weighted by atomic mass is 32.2. The zero-order valence-electron chi connectivity index (χ0n) is 10.8. The van der Waals surface area contributed by atoms with Crippen molar-refractivity contribution in [1.82, 2.24) is 0 Å². The van der Waals surface area contributed by atoms with Gasteiger partial charge >= 0.3 is 5.92 Å². The Labute approximate surface area is 116 Å². The number of Topliss-reactive ketones (excluding diaryl/α,β-unsaturated/α-hetero) is 1. The lowest BCUT2D eigenvalue weighted by molar-refractivity contribution is 0.0164. The van der Waals surface area contributed by atoms with Gasteiger partial charge in [-0.25, -0.2) is 0 Å². The highest BCUT2D eigenvalue weighted by molar-refractivity contribution is 7.86. The molecule has 0 bridgehead atoms. The number of hydrogen-bond acceptors (Lipinski definition) is 4. The molecule has 1 aliphatic carbocycles. The molecule has 0 aliphatic heterocycles. The first-order chi connectivity index (χ1) is 8.74. The number of rotatable bonds is 4. The van der Waals surface area contributed by atoms with Crippen molar-refractivity contribution in [2.75, 3.05) is 12.9 Å². The second kappa shape index (κ2) is 4.94. The molecule has 0 aromatic carbocycles. The van der Waals surface area contributed by atoms with E-state index >= 15 is 0 Å². The van der Waals surface area contributed by atoms with Crippen LogP contribution in [0.2, 0.25) is 0 Å². The monoisotopic (exact) mass is 308 g/mol. The maximum Gasteiger partial charge on any atom is 0.314 e. The summed E-state index contributed by atoms with van der Waals surface area (Å²) in [6.45, 7) is 4.25. The molecule has 1 aliphatic rings. The van der Waals surface area contributed by atoms with Gasteiger partial charge in [0.05, 0.1) is 23.0 Å². The van der Waals surface area contributed by atoms with Gasteiger partial charge in [0.2, 0.25) is 5.78 Å². The first-order valence-electron chi connectivity index (χ1n) is 5.78. The van der Waals surface area contributed by atoms with Crippen LogP contribution in [0, 0.1) is 5.92 Å². The van der Waals surface area contributed by atoms with Crippen LogP contribution in [0.3, 0.4) is 0 Å². The molecule has 1 atom stereocenters. The molecule has 0 spiro atoms. The largest absolute Gasteiger partial charge is 0.483 e. The van der Waals surface area contributed by atoms with Crippen LogP contribution in [0.15, 0.2) is 4.21 Å². The van der Waals surface area contributed by atoms with E-state index in [1.165, 1.54) is 6.26 Å². The second-order valence-corrected chi connectivity index (χ2v) is 7.46. The molecule has 106 valence electrons. The van der Waals surface area contributed by atoms with Crippen molar-refractivity contribution in [2.45, 2.75) is 30.4 Å². The summed E-state index contributed by atoms with van der Waals surface area (Å²) in [4.78, 5) is 11.7. The summed E-state index contributed by atoms with van der Waals surface area (Å²) in [6.07, 6.45) is 0.727. The molecule has 0 saturated heterocycles. The van der Waals surface area contributed by atoms with Crippen LogP contribution >= 0.6 is 11.3 Å². The molecule has 1 aromatic heterocycles. The molecular weight excluding hydrogens is 294 g/mol. The fourth-order valence-corrected chi connectivity index (χ4v) is 3.97. The Balaban J connectivity index is 2.44. The minimum atomic E-state index is -3.40.